The van der Waals surface area contributed by atoms with Gasteiger partial charge in [0.25, 0.3) is 5.91 Å². The third kappa shape index (κ3) is 4.23. The van der Waals surface area contributed by atoms with Crippen LogP contribution in [0.3, 0.4) is 0 Å². The van der Waals surface area contributed by atoms with E-state index in [4.69, 9.17) is 9.47 Å². The number of carbonyl (C=O) groups excluding carboxylic acids is 1. The van der Waals surface area contributed by atoms with Crippen LogP contribution in [0.4, 0.5) is 13.9 Å². The highest BCUT2D eigenvalue weighted by atomic mass is 32.1. The van der Waals surface area contributed by atoms with Crippen LogP contribution in [0.2, 0.25) is 0 Å². The molecule has 1 aliphatic heterocycles. The molecule has 8 heteroatoms. The molecule has 1 fully saturated rings. The lowest BCUT2D eigenvalue weighted by atomic mass is 10.1. The first kappa shape index (κ1) is 19.7. The van der Waals surface area contributed by atoms with E-state index in [1.54, 1.807) is 0 Å². The highest BCUT2D eigenvalue weighted by Crippen LogP contribution is 2.33. The molecule has 0 radical (unpaired) electrons. The number of hydrogen-bond acceptors (Lipinski definition) is 5. The number of halogens is 2. The maximum Gasteiger partial charge on any atom is 0.260 e. The first-order valence-corrected chi connectivity index (χ1v) is 10.3. The maximum atomic E-state index is 13.7. The summed E-state index contributed by atoms with van der Waals surface area (Å²) >= 11 is 1.35. The minimum absolute atomic E-state index is 0.0659. The molecule has 0 spiro atoms. The Morgan fingerprint density at radius 1 is 1.28 bits per heavy atom. The summed E-state index contributed by atoms with van der Waals surface area (Å²) in [7, 11) is 0. The molecule has 1 amide bonds. The van der Waals surface area contributed by atoms with Crippen molar-refractivity contribution in [2.45, 2.75) is 25.9 Å². The Balaban J connectivity index is 1.70. The number of thiazole rings is 1. The van der Waals surface area contributed by atoms with E-state index in [0.29, 0.717) is 24.9 Å². The molecule has 0 aliphatic carbocycles. The number of carbonyl (C=O) groups is 1. The number of aromatic nitrogens is 1. The molecule has 1 atom stereocenters. The molecule has 0 bridgehead atoms. The average molecular weight is 418 g/mol. The molecule has 3 aromatic rings. The van der Waals surface area contributed by atoms with Gasteiger partial charge in [0.1, 0.15) is 5.75 Å². The van der Waals surface area contributed by atoms with Crippen molar-refractivity contribution < 1.29 is 23.0 Å². The average Bonchev–Trinajstić information content (AvgIpc) is 3.37. The number of fused-ring (bicyclic) bond motifs is 1. The summed E-state index contributed by atoms with van der Waals surface area (Å²) in [6.45, 7) is 3.41. The maximum absolute atomic E-state index is 13.7. The van der Waals surface area contributed by atoms with E-state index in [1.165, 1.54) is 22.3 Å². The topological polar surface area (TPSA) is 51.7 Å². The first-order chi connectivity index (χ1) is 14.0. The van der Waals surface area contributed by atoms with Crippen molar-refractivity contribution in [2.75, 3.05) is 24.7 Å². The van der Waals surface area contributed by atoms with Crippen LogP contribution in [-0.2, 0) is 4.74 Å². The number of benzene rings is 2. The van der Waals surface area contributed by atoms with Crippen LogP contribution in [0.5, 0.6) is 5.75 Å². The summed E-state index contributed by atoms with van der Waals surface area (Å²) in [6, 6.07) is 8.71. The lowest BCUT2D eigenvalue weighted by Gasteiger charge is -2.23. The number of amides is 1. The molecule has 1 unspecified atom stereocenters. The van der Waals surface area contributed by atoms with Gasteiger partial charge >= 0.3 is 0 Å². The fraction of sp³-hybridized carbons (Fsp3) is 0.333. The third-order valence-corrected chi connectivity index (χ3v) is 5.75. The Labute approximate surface area is 170 Å². The normalized spacial score (nSPS) is 16.3. The predicted molar refractivity (Wildman–Crippen MR) is 108 cm³/mol. The predicted octanol–water partition coefficient (Wildman–Crippen LogP) is 4.80. The molecule has 2 heterocycles. The first-order valence-electron chi connectivity index (χ1n) is 9.47. The quantitative estimate of drug-likeness (QED) is 0.577. The molecule has 29 heavy (non-hydrogen) atoms. The summed E-state index contributed by atoms with van der Waals surface area (Å²) in [5, 5.41) is 0.485. The van der Waals surface area contributed by atoms with Gasteiger partial charge in [-0.1, -0.05) is 11.3 Å². The number of anilines is 1. The van der Waals surface area contributed by atoms with Crippen molar-refractivity contribution in [3.8, 4) is 5.75 Å². The van der Waals surface area contributed by atoms with Gasteiger partial charge in [-0.15, -0.1) is 0 Å². The highest BCUT2D eigenvalue weighted by Gasteiger charge is 2.27. The molecular weight excluding hydrogens is 398 g/mol. The van der Waals surface area contributed by atoms with E-state index in [2.05, 4.69) is 4.98 Å². The lowest BCUT2D eigenvalue weighted by Crippen LogP contribution is -2.37. The Morgan fingerprint density at radius 2 is 2.14 bits per heavy atom. The van der Waals surface area contributed by atoms with Crippen molar-refractivity contribution >= 4 is 32.6 Å². The van der Waals surface area contributed by atoms with Crippen LogP contribution in [-0.4, -0.2) is 36.8 Å². The minimum Gasteiger partial charge on any atom is -0.494 e. The highest BCUT2D eigenvalue weighted by molar-refractivity contribution is 7.22. The molecule has 0 N–H and O–H groups in total. The largest absolute Gasteiger partial charge is 0.494 e. The number of nitrogens with zero attached hydrogens (tertiary/aromatic N) is 2. The zero-order chi connectivity index (χ0) is 20.4. The zero-order valence-corrected chi connectivity index (χ0v) is 16.7. The van der Waals surface area contributed by atoms with Crippen LogP contribution in [0, 0.1) is 11.6 Å². The van der Waals surface area contributed by atoms with Crippen LogP contribution in [0.1, 0.15) is 30.1 Å². The molecule has 1 aromatic heterocycles. The number of ether oxygens (including phenoxy) is 2. The van der Waals surface area contributed by atoms with Crippen molar-refractivity contribution in [3.05, 3.63) is 53.6 Å². The monoisotopic (exact) mass is 418 g/mol. The summed E-state index contributed by atoms with van der Waals surface area (Å²) in [4.78, 5) is 19.2. The van der Waals surface area contributed by atoms with E-state index < -0.39 is 17.5 Å². The van der Waals surface area contributed by atoms with Gasteiger partial charge in [-0.05, 0) is 56.2 Å². The van der Waals surface area contributed by atoms with Gasteiger partial charge in [0.2, 0.25) is 0 Å². The van der Waals surface area contributed by atoms with E-state index in [0.717, 1.165) is 40.9 Å². The Morgan fingerprint density at radius 3 is 2.86 bits per heavy atom. The van der Waals surface area contributed by atoms with Crippen LogP contribution in [0.25, 0.3) is 10.2 Å². The van der Waals surface area contributed by atoms with Crippen molar-refractivity contribution in [1.29, 1.82) is 0 Å². The van der Waals surface area contributed by atoms with Gasteiger partial charge in [0.05, 0.1) is 29.5 Å². The van der Waals surface area contributed by atoms with Gasteiger partial charge in [0.15, 0.2) is 16.8 Å². The number of hydrogen-bond donors (Lipinski definition) is 0. The van der Waals surface area contributed by atoms with Gasteiger partial charge in [-0.3, -0.25) is 9.69 Å². The fourth-order valence-corrected chi connectivity index (χ4v) is 4.29. The SMILES string of the molecule is CCOc1ccc2nc(N(CC3CCCO3)C(=O)c3ccc(F)c(F)c3)sc2c1. The van der Waals surface area contributed by atoms with E-state index in [1.807, 2.05) is 25.1 Å². The zero-order valence-electron chi connectivity index (χ0n) is 15.9. The third-order valence-electron chi connectivity index (χ3n) is 4.71. The van der Waals surface area contributed by atoms with E-state index in [-0.39, 0.29) is 11.7 Å². The Kier molecular flexibility index (Phi) is 5.73. The van der Waals surface area contributed by atoms with E-state index >= 15 is 0 Å². The van der Waals surface area contributed by atoms with Gasteiger partial charge < -0.3 is 9.47 Å². The second kappa shape index (κ2) is 8.42. The lowest BCUT2D eigenvalue weighted by molar-refractivity contribution is 0.0917. The second-order valence-electron chi connectivity index (χ2n) is 6.74. The molecular formula is C21H20F2N2O3S. The molecule has 4 rings (SSSR count). The Bertz CT molecular complexity index is 1030. The summed E-state index contributed by atoms with van der Waals surface area (Å²) in [5.41, 5.74) is 0.806. The minimum atomic E-state index is -1.06. The Hall–Kier alpha value is -2.58. The smallest absolute Gasteiger partial charge is 0.260 e. The fourth-order valence-electron chi connectivity index (χ4n) is 3.29. The molecule has 1 aliphatic rings. The summed E-state index contributed by atoms with van der Waals surface area (Å²) in [6.07, 6.45) is 1.64. The van der Waals surface area contributed by atoms with Crippen LogP contribution < -0.4 is 9.64 Å². The number of rotatable bonds is 6. The van der Waals surface area contributed by atoms with Gasteiger partial charge in [-0.25, -0.2) is 13.8 Å². The van der Waals surface area contributed by atoms with Gasteiger partial charge in [0, 0.05) is 12.2 Å². The molecule has 1 saturated heterocycles. The summed E-state index contributed by atoms with van der Waals surface area (Å²) < 4.78 is 39.1. The van der Waals surface area contributed by atoms with Crippen LogP contribution in [0.15, 0.2) is 36.4 Å². The van der Waals surface area contributed by atoms with E-state index in [9.17, 15) is 13.6 Å². The molecule has 5 nitrogen and oxygen atoms in total. The second-order valence-corrected chi connectivity index (χ2v) is 7.75. The molecule has 2 aromatic carbocycles. The van der Waals surface area contributed by atoms with Crippen molar-refractivity contribution in [3.63, 3.8) is 0 Å². The molecule has 152 valence electrons. The van der Waals surface area contributed by atoms with Gasteiger partial charge in [-0.2, -0.15) is 0 Å². The van der Waals surface area contributed by atoms with Crippen molar-refractivity contribution in [1.82, 2.24) is 4.98 Å². The molecule has 0 saturated carbocycles. The van der Waals surface area contributed by atoms with Crippen LogP contribution >= 0.6 is 11.3 Å². The standard InChI is InChI=1S/C21H20F2N2O3S/c1-2-27-14-6-8-18-19(11-14)29-21(24-18)25(12-15-4-3-9-28-15)20(26)13-5-7-16(22)17(23)10-13/h5-8,10-11,15H,2-4,9,12H2,1H3. The van der Waals surface area contributed by atoms with Crippen molar-refractivity contribution in [2.24, 2.45) is 0 Å². The summed E-state index contributed by atoms with van der Waals surface area (Å²) in [5.74, 6) is -1.76.